The number of ketones is 2. The predicted octanol–water partition coefficient (Wildman–Crippen LogP) is 1.96. The third-order valence-corrected chi connectivity index (χ3v) is 3.26. The number of carbonyl (C=O) groups excluding carboxylic acids is 2. The molecule has 106 valence electrons. The average Bonchev–Trinajstić information content (AvgIpc) is 2.41. The van der Waals surface area contributed by atoms with E-state index in [4.69, 9.17) is 49.0 Å². The van der Waals surface area contributed by atoms with Gasteiger partial charge in [0, 0.05) is 7.11 Å². The summed E-state index contributed by atoms with van der Waals surface area (Å²) in [6, 6.07) is 0. The van der Waals surface area contributed by atoms with Crippen molar-refractivity contribution in [2.45, 2.75) is 0 Å². The number of Topliss-reactive ketones (excluding diaryl/α,β-unsaturated/α-hetero) is 2. The van der Waals surface area contributed by atoms with Crippen molar-refractivity contribution in [2.24, 2.45) is 0 Å². The average molecular weight is 330 g/mol. The van der Waals surface area contributed by atoms with Crippen LogP contribution in [0.5, 0.6) is 0 Å². The number of halogens is 3. The van der Waals surface area contributed by atoms with Gasteiger partial charge in [-0.25, -0.2) is 0 Å². The molecule has 8 heteroatoms. The Hall–Kier alpha value is -0.590. The largest absolute Gasteiger partial charge is 0.485 e. The highest BCUT2D eigenvalue weighted by Crippen LogP contribution is 2.31. The Morgan fingerprint density at radius 3 is 2.05 bits per heavy atom. The molecule has 0 heterocycles. The van der Waals surface area contributed by atoms with Crippen LogP contribution in [0.1, 0.15) is 0 Å². The Morgan fingerprint density at radius 1 is 0.842 bits per heavy atom. The highest BCUT2D eigenvalue weighted by molar-refractivity contribution is 6.64. The van der Waals surface area contributed by atoms with Crippen LogP contribution >= 0.6 is 34.8 Å². The number of rotatable bonds is 7. The molecule has 1 rings (SSSR count). The molecular formula is C11H11Cl3O5. The number of carbonyl (C=O) groups is 2. The molecule has 1 aliphatic carbocycles. The van der Waals surface area contributed by atoms with Crippen LogP contribution in [0.3, 0.4) is 0 Å². The minimum Gasteiger partial charge on any atom is -0.485 e. The normalized spacial score (nSPS) is 16.4. The van der Waals surface area contributed by atoms with Crippen LogP contribution in [0.4, 0.5) is 0 Å². The van der Waals surface area contributed by atoms with E-state index in [9.17, 15) is 9.59 Å². The minimum atomic E-state index is -0.733. The lowest BCUT2D eigenvalue weighted by Gasteiger charge is -2.15. The molecule has 0 aromatic heterocycles. The maximum atomic E-state index is 11.7. The van der Waals surface area contributed by atoms with Crippen LogP contribution in [0.15, 0.2) is 20.9 Å². The summed E-state index contributed by atoms with van der Waals surface area (Å²) in [5, 5.41) is -1.18. The Balaban J connectivity index is 2.53. The zero-order valence-electron chi connectivity index (χ0n) is 10.0. The molecule has 0 aromatic carbocycles. The Kier molecular flexibility index (Phi) is 6.82. The monoisotopic (exact) mass is 328 g/mol. The molecule has 0 bridgehead atoms. The van der Waals surface area contributed by atoms with Gasteiger partial charge >= 0.3 is 0 Å². The van der Waals surface area contributed by atoms with Crippen molar-refractivity contribution in [1.29, 1.82) is 0 Å². The van der Waals surface area contributed by atoms with Crippen molar-refractivity contribution in [3.8, 4) is 0 Å². The molecule has 0 radical (unpaired) electrons. The van der Waals surface area contributed by atoms with Crippen molar-refractivity contribution in [3.63, 3.8) is 0 Å². The number of hydrogen-bond donors (Lipinski definition) is 0. The van der Waals surface area contributed by atoms with Crippen LogP contribution in [0, 0.1) is 0 Å². The molecule has 0 unspecified atom stereocenters. The Bertz CT molecular complexity index is 442. The molecule has 0 atom stereocenters. The van der Waals surface area contributed by atoms with Gasteiger partial charge in [0.2, 0.25) is 11.6 Å². The Labute approximate surface area is 125 Å². The van der Waals surface area contributed by atoms with Gasteiger partial charge in [-0.15, -0.1) is 0 Å². The number of methoxy groups -OCH3 is 1. The van der Waals surface area contributed by atoms with E-state index in [0.29, 0.717) is 13.2 Å². The fraction of sp³-hybridized carbons (Fsp3) is 0.455. The van der Waals surface area contributed by atoms with E-state index in [1.54, 1.807) is 7.11 Å². The van der Waals surface area contributed by atoms with Crippen LogP contribution in [0.25, 0.3) is 0 Å². The maximum absolute atomic E-state index is 11.7. The lowest BCUT2D eigenvalue weighted by molar-refractivity contribution is -0.118. The van der Waals surface area contributed by atoms with E-state index in [1.165, 1.54) is 0 Å². The molecule has 5 nitrogen and oxygen atoms in total. The molecule has 0 aliphatic heterocycles. The SMILES string of the molecule is COCCOCCOC1=C(Cl)C(=O)C(Cl)=C(Cl)C1=O. The quantitative estimate of drug-likeness (QED) is 0.528. The molecule has 19 heavy (non-hydrogen) atoms. The molecule has 0 saturated heterocycles. The summed E-state index contributed by atoms with van der Waals surface area (Å²) in [6.45, 7) is 1.11. The first-order valence-electron chi connectivity index (χ1n) is 5.24. The fourth-order valence-corrected chi connectivity index (χ4v) is 1.81. The van der Waals surface area contributed by atoms with Crippen LogP contribution in [0.2, 0.25) is 0 Å². The number of ether oxygens (including phenoxy) is 3. The summed E-state index contributed by atoms with van der Waals surface area (Å²) in [4.78, 5) is 23.2. The van der Waals surface area contributed by atoms with Crippen molar-refractivity contribution >= 4 is 46.4 Å². The molecular weight excluding hydrogens is 318 g/mol. The molecule has 0 fully saturated rings. The maximum Gasteiger partial charge on any atom is 0.242 e. The molecule has 0 saturated carbocycles. The van der Waals surface area contributed by atoms with Crippen molar-refractivity contribution in [3.05, 3.63) is 20.9 Å². The third kappa shape index (κ3) is 4.19. The van der Waals surface area contributed by atoms with Gasteiger partial charge in [0.05, 0.1) is 19.8 Å². The second kappa shape index (κ2) is 7.87. The van der Waals surface area contributed by atoms with Gasteiger partial charge in [-0.2, -0.15) is 0 Å². The van der Waals surface area contributed by atoms with Crippen molar-refractivity contribution in [1.82, 2.24) is 0 Å². The smallest absolute Gasteiger partial charge is 0.242 e. The van der Waals surface area contributed by atoms with E-state index in [2.05, 4.69) is 0 Å². The Morgan fingerprint density at radius 2 is 1.42 bits per heavy atom. The highest BCUT2D eigenvalue weighted by atomic mass is 35.5. The summed E-state index contributed by atoms with van der Waals surface area (Å²) >= 11 is 16.9. The van der Waals surface area contributed by atoms with Crippen LogP contribution < -0.4 is 0 Å². The minimum absolute atomic E-state index is 0.0517. The van der Waals surface area contributed by atoms with Gasteiger partial charge in [0.1, 0.15) is 21.7 Å². The standard InChI is InChI=1S/C11H11Cl3O5/c1-17-2-3-18-4-5-19-11-8(14)9(15)6(12)7(13)10(11)16/h2-5H2,1H3. The molecule has 0 spiro atoms. The van der Waals surface area contributed by atoms with E-state index in [0.717, 1.165) is 0 Å². The van der Waals surface area contributed by atoms with Gasteiger partial charge in [0.15, 0.2) is 5.76 Å². The summed E-state index contributed by atoms with van der Waals surface area (Å²) in [5.41, 5.74) is 0. The van der Waals surface area contributed by atoms with E-state index >= 15 is 0 Å². The number of allylic oxidation sites excluding steroid dienone is 3. The lowest BCUT2D eigenvalue weighted by atomic mass is 10.1. The second-order valence-corrected chi connectivity index (χ2v) is 4.52. The van der Waals surface area contributed by atoms with Crippen LogP contribution in [-0.2, 0) is 23.8 Å². The molecule has 0 amide bonds. The fourth-order valence-electron chi connectivity index (χ4n) is 1.17. The first-order chi connectivity index (χ1) is 9.00. The van der Waals surface area contributed by atoms with Gasteiger partial charge in [-0.05, 0) is 0 Å². The lowest BCUT2D eigenvalue weighted by Crippen LogP contribution is -2.21. The summed E-state index contributed by atoms with van der Waals surface area (Å²) in [5.74, 6) is -1.76. The first-order valence-corrected chi connectivity index (χ1v) is 6.38. The molecule has 0 aromatic rings. The summed E-state index contributed by atoms with van der Waals surface area (Å²) in [7, 11) is 1.55. The topological polar surface area (TPSA) is 61.8 Å². The first kappa shape index (κ1) is 16.5. The van der Waals surface area contributed by atoms with E-state index in [1.807, 2.05) is 0 Å². The number of hydrogen-bond acceptors (Lipinski definition) is 5. The predicted molar refractivity (Wildman–Crippen MR) is 70.3 cm³/mol. The van der Waals surface area contributed by atoms with Gasteiger partial charge in [-0.3, -0.25) is 9.59 Å². The van der Waals surface area contributed by atoms with E-state index < -0.39 is 21.6 Å². The summed E-state index contributed by atoms with van der Waals surface area (Å²) in [6.07, 6.45) is 0. The zero-order chi connectivity index (χ0) is 14.4. The van der Waals surface area contributed by atoms with Crippen molar-refractivity contribution < 1.29 is 23.8 Å². The molecule has 1 aliphatic rings. The second-order valence-electron chi connectivity index (χ2n) is 3.38. The highest BCUT2D eigenvalue weighted by Gasteiger charge is 2.33. The molecule has 0 N–H and O–H groups in total. The van der Waals surface area contributed by atoms with Gasteiger partial charge in [0.25, 0.3) is 0 Å². The van der Waals surface area contributed by atoms with Gasteiger partial charge in [-0.1, -0.05) is 34.8 Å². The van der Waals surface area contributed by atoms with Gasteiger partial charge < -0.3 is 14.2 Å². The zero-order valence-corrected chi connectivity index (χ0v) is 12.3. The van der Waals surface area contributed by atoms with Crippen molar-refractivity contribution in [2.75, 3.05) is 33.5 Å². The third-order valence-electron chi connectivity index (χ3n) is 2.10. The van der Waals surface area contributed by atoms with E-state index in [-0.39, 0.29) is 24.0 Å². The van der Waals surface area contributed by atoms with Crippen LogP contribution in [-0.4, -0.2) is 45.1 Å². The summed E-state index contributed by atoms with van der Waals surface area (Å²) < 4.78 is 15.0.